The molecule has 3 aliphatic rings. The Morgan fingerprint density at radius 1 is 1.26 bits per heavy atom. The standard InChI is InChI=1S/C31H39NO4S2/c1-6-29(4)16-24(36-25(34)18-38-28-32-22(17-37-28)21-10-8-7-9-11-21)30(5)19(2)12-14-31(20(3)27(29)35)15-13-23(33)26(30)31/h6-11,17,19-20,24,26-27,35H,1,12-16,18H2,2-5H3/t19-,20+,24-,26+,27+,29-,30+,31+/m1/s1. The molecule has 1 N–H and O–H groups in total. The molecular formula is C31H39NO4S2. The summed E-state index contributed by atoms with van der Waals surface area (Å²) in [5.74, 6) is 0.0845. The van der Waals surface area contributed by atoms with Gasteiger partial charge < -0.3 is 9.84 Å². The first kappa shape index (κ1) is 27.6. The summed E-state index contributed by atoms with van der Waals surface area (Å²) in [4.78, 5) is 31.6. The smallest absolute Gasteiger partial charge is 0.316 e. The zero-order chi connectivity index (χ0) is 27.3. The summed E-state index contributed by atoms with van der Waals surface area (Å²) in [6.45, 7) is 12.6. The zero-order valence-electron chi connectivity index (χ0n) is 22.8. The van der Waals surface area contributed by atoms with Crippen LogP contribution in [0.4, 0.5) is 0 Å². The lowest BCUT2D eigenvalue weighted by atomic mass is 9.44. The van der Waals surface area contributed by atoms with Gasteiger partial charge in [-0.25, -0.2) is 4.98 Å². The monoisotopic (exact) mass is 553 g/mol. The summed E-state index contributed by atoms with van der Waals surface area (Å²) in [5, 5.41) is 13.7. The van der Waals surface area contributed by atoms with Crippen LogP contribution in [0.1, 0.15) is 59.8 Å². The Morgan fingerprint density at radius 2 is 2.00 bits per heavy atom. The second-order valence-corrected chi connectivity index (χ2v) is 14.3. The van der Waals surface area contributed by atoms with Crippen molar-refractivity contribution < 1.29 is 19.4 Å². The van der Waals surface area contributed by atoms with E-state index in [0.29, 0.717) is 12.8 Å². The first-order valence-electron chi connectivity index (χ1n) is 13.7. The van der Waals surface area contributed by atoms with E-state index in [2.05, 4.69) is 27.4 Å². The highest BCUT2D eigenvalue weighted by atomic mass is 32.2. The molecule has 0 saturated heterocycles. The molecule has 8 atom stereocenters. The van der Waals surface area contributed by atoms with Crippen molar-refractivity contribution >= 4 is 34.9 Å². The number of rotatable bonds is 6. The van der Waals surface area contributed by atoms with Gasteiger partial charge in [0.15, 0.2) is 4.34 Å². The summed E-state index contributed by atoms with van der Waals surface area (Å²) in [5.41, 5.74) is 0.562. The molecule has 7 heteroatoms. The van der Waals surface area contributed by atoms with E-state index < -0.39 is 23.0 Å². The molecule has 3 saturated carbocycles. The molecule has 1 heterocycles. The average Bonchev–Trinajstić information content (AvgIpc) is 3.54. The largest absolute Gasteiger partial charge is 0.461 e. The molecule has 3 fully saturated rings. The Kier molecular flexibility index (Phi) is 7.42. The van der Waals surface area contributed by atoms with E-state index in [1.165, 1.54) is 23.1 Å². The van der Waals surface area contributed by atoms with Crippen molar-refractivity contribution in [3.8, 4) is 11.3 Å². The van der Waals surface area contributed by atoms with E-state index in [4.69, 9.17) is 9.72 Å². The number of Topliss-reactive ketones (excluding diaryl/α,β-unsaturated/α-hetero) is 1. The summed E-state index contributed by atoms with van der Waals surface area (Å²) in [7, 11) is 0. The molecule has 38 heavy (non-hydrogen) atoms. The molecule has 0 spiro atoms. The first-order chi connectivity index (χ1) is 18.0. The normalized spacial score (nSPS) is 38.7. The van der Waals surface area contributed by atoms with Gasteiger partial charge in [0, 0.05) is 34.1 Å². The molecule has 204 valence electrons. The third-order valence-corrected chi connectivity index (χ3v) is 12.4. The maximum Gasteiger partial charge on any atom is 0.316 e. The number of aliphatic hydroxyl groups excluding tert-OH is 1. The molecule has 0 radical (unpaired) electrons. The van der Waals surface area contributed by atoms with Crippen LogP contribution in [0.3, 0.4) is 0 Å². The number of thiazole rings is 1. The highest BCUT2D eigenvalue weighted by Crippen LogP contribution is 2.68. The van der Waals surface area contributed by atoms with E-state index in [-0.39, 0.29) is 40.7 Å². The molecule has 0 aliphatic heterocycles. The van der Waals surface area contributed by atoms with Crippen molar-refractivity contribution in [3.63, 3.8) is 0 Å². The number of aliphatic hydroxyl groups is 1. The number of ketones is 1. The van der Waals surface area contributed by atoms with Gasteiger partial charge in [-0.3, -0.25) is 9.59 Å². The zero-order valence-corrected chi connectivity index (χ0v) is 24.4. The van der Waals surface area contributed by atoms with Crippen LogP contribution in [0.2, 0.25) is 0 Å². The van der Waals surface area contributed by atoms with Gasteiger partial charge in [0.25, 0.3) is 0 Å². The number of aromatic nitrogens is 1. The molecule has 0 amide bonds. The summed E-state index contributed by atoms with van der Waals surface area (Å²) >= 11 is 2.91. The number of carbonyl (C=O) groups is 2. The van der Waals surface area contributed by atoms with Crippen LogP contribution in [0.25, 0.3) is 11.3 Å². The number of esters is 1. The number of ether oxygens (including phenoxy) is 1. The lowest BCUT2D eigenvalue weighted by Crippen LogP contribution is -2.63. The highest BCUT2D eigenvalue weighted by Gasteiger charge is 2.68. The molecule has 0 unspecified atom stereocenters. The minimum atomic E-state index is -0.659. The number of carbonyl (C=O) groups excluding carboxylic acids is 2. The number of hydrogen-bond acceptors (Lipinski definition) is 7. The number of benzene rings is 1. The molecule has 5 rings (SSSR count). The van der Waals surface area contributed by atoms with Crippen molar-refractivity contribution in [2.24, 2.45) is 34.0 Å². The van der Waals surface area contributed by atoms with Gasteiger partial charge in [0.2, 0.25) is 0 Å². The van der Waals surface area contributed by atoms with Gasteiger partial charge in [-0.1, -0.05) is 75.9 Å². The quantitative estimate of drug-likeness (QED) is 0.241. The van der Waals surface area contributed by atoms with Gasteiger partial charge in [-0.15, -0.1) is 17.9 Å². The predicted octanol–water partition coefficient (Wildman–Crippen LogP) is 6.81. The Bertz CT molecular complexity index is 1210. The van der Waals surface area contributed by atoms with Crippen molar-refractivity contribution in [2.75, 3.05) is 5.75 Å². The van der Waals surface area contributed by atoms with Crippen molar-refractivity contribution in [3.05, 3.63) is 48.4 Å². The van der Waals surface area contributed by atoms with Crippen molar-refractivity contribution in [1.29, 1.82) is 0 Å². The fraction of sp³-hybridized carbons (Fsp3) is 0.581. The number of thioether (sulfide) groups is 1. The Morgan fingerprint density at radius 3 is 2.71 bits per heavy atom. The minimum absolute atomic E-state index is 0.0373. The fourth-order valence-corrected chi connectivity index (χ4v) is 9.50. The van der Waals surface area contributed by atoms with Crippen LogP contribution in [0, 0.1) is 34.0 Å². The maximum absolute atomic E-state index is 13.5. The molecule has 1 aromatic heterocycles. The SMILES string of the molecule is C=C[C@]1(C)C[C@@H](OC(=O)CSc2nc(-c3ccccc3)cs2)[C@]2(C)[C@H](C)CC[C@]3(CCC(=O)[C@H]32)[C@@H](C)[C@@H]1O. The summed E-state index contributed by atoms with van der Waals surface area (Å²) < 4.78 is 7.16. The topological polar surface area (TPSA) is 76.5 Å². The van der Waals surface area contributed by atoms with E-state index in [0.717, 1.165) is 34.9 Å². The lowest BCUT2D eigenvalue weighted by Gasteiger charge is -2.61. The van der Waals surface area contributed by atoms with E-state index in [1.807, 2.05) is 48.7 Å². The number of hydrogen-bond donors (Lipinski definition) is 1. The van der Waals surface area contributed by atoms with E-state index in [1.54, 1.807) is 0 Å². The van der Waals surface area contributed by atoms with Gasteiger partial charge in [-0.2, -0.15) is 0 Å². The minimum Gasteiger partial charge on any atom is -0.461 e. The van der Waals surface area contributed by atoms with E-state index >= 15 is 0 Å². The molecule has 5 nitrogen and oxygen atoms in total. The third-order valence-electron chi connectivity index (χ3n) is 10.4. The van der Waals surface area contributed by atoms with Crippen LogP contribution < -0.4 is 0 Å². The second kappa shape index (κ2) is 10.2. The summed E-state index contributed by atoms with van der Waals surface area (Å²) in [6.07, 6.45) is 4.37. The van der Waals surface area contributed by atoms with Crippen molar-refractivity contribution in [2.45, 2.75) is 76.3 Å². The Labute approximate surface area is 234 Å². The van der Waals surface area contributed by atoms with Crippen molar-refractivity contribution in [1.82, 2.24) is 4.98 Å². The molecule has 3 aliphatic carbocycles. The first-order valence-corrected chi connectivity index (χ1v) is 15.6. The summed E-state index contributed by atoms with van der Waals surface area (Å²) in [6, 6.07) is 9.99. The molecule has 2 bridgehead atoms. The molecule has 1 aromatic carbocycles. The highest BCUT2D eigenvalue weighted by molar-refractivity contribution is 8.01. The van der Waals surface area contributed by atoms with Gasteiger partial charge in [0.1, 0.15) is 11.9 Å². The van der Waals surface area contributed by atoms with Crippen LogP contribution in [0.15, 0.2) is 52.7 Å². The van der Waals surface area contributed by atoms with Gasteiger partial charge >= 0.3 is 5.97 Å². The fourth-order valence-electron chi connectivity index (χ4n) is 7.88. The predicted molar refractivity (Wildman–Crippen MR) is 153 cm³/mol. The second-order valence-electron chi connectivity index (χ2n) is 12.2. The van der Waals surface area contributed by atoms with Gasteiger partial charge in [0.05, 0.1) is 17.6 Å². The maximum atomic E-state index is 13.5. The lowest BCUT2D eigenvalue weighted by molar-refractivity contribution is -0.205. The molecule has 2 aromatic rings. The Hall–Kier alpha value is -1.96. The number of nitrogens with zero attached hydrogens (tertiary/aromatic N) is 1. The third kappa shape index (κ3) is 4.39. The van der Waals surface area contributed by atoms with Crippen LogP contribution >= 0.6 is 23.1 Å². The van der Waals surface area contributed by atoms with Crippen LogP contribution in [0.5, 0.6) is 0 Å². The molecular weight excluding hydrogens is 514 g/mol. The van der Waals surface area contributed by atoms with Gasteiger partial charge in [-0.05, 0) is 42.9 Å². The average molecular weight is 554 g/mol. The van der Waals surface area contributed by atoms with Crippen LogP contribution in [-0.2, 0) is 14.3 Å². The van der Waals surface area contributed by atoms with E-state index in [9.17, 15) is 14.7 Å². The van der Waals surface area contributed by atoms with Crippen LogP contribution in [-0.4, -0.2) is 39.8 Å². The Balaban J connectivity index is 1.40.